The number of aliphatic hydroxyl groups excluding tert-OH is 2. The largest absolute Gasteiger partial charge is 0.493 e. The molecule has 0 bridgehead atoms. The predicted molar refractivity (Wildman–Crippen MR) is 151 cm³/mol. The average molecular weight is 518 g/mol. The van der Waals surface area contributed by atoms with E-state index in [1.54, 1.807) is 0 Å². The highest BCUT2D eigenvalue weighted by molar-refractivity contribution is 7.14. The molecule has 0 saturated carbocycles. The zero-order valence-corrected chi connectivity index (χ0v) is 22.7. The van der Waals surface area contributed by atoms with Gasteiger partial charge in [-0.1, -0.05) is 12.8 Å². The lowest BCUT2D eigenvalue weighted by Gasteiger charge is -2.24. The van der Waals surface area contributed by atoms with Crippen LogP contribution in [0.1, 0.15) is 85.3 Å². The second kappa shape index (κ2) is 18.0. The summed E-state index contributed by atoms with van der Waals surface area (Å²) in [5, 5.41) is 18.0. The third kappa shape index (κ3) is 10.3. The van der Waals surface area contributed by atoms with E-state index in [9.17, 15) is 4.79 Å². The highest BCUT2D eigenvalue weighted by Crippen LogP contribution is 2.37. The Morgan fingerprint density at radius 1 is 0.778 bits per heavy atom. The molecule has 7 heteroatoms. The molecule has 0 atom stereocenters. The van der Waals surface area contributed by atoms with E-state index in [4.69, 9.17) is 19.7 Å². The van der Waals surface area contributed by atoms with Crippen molar-refractivity contribution in [2.75, 3.05) is 44.4 Å². The molecule has 0 aliphatic carbocycles. The van der Waals surface area contributed by atoms with Gasteiger partial charge >= 0.3 is 0 Å². The summed E-state index contributed by atoms with van der Waals surface area (Å²) < 4.78 is 12.6. The number of benzene rings is 1. The molecule has 0 aliphatic heterocycles. The highest BCUT2D eigenvalue weighted by Gasteiger charge is 2.15. The van der Waals surface area contributed by atoms with E-state index in [1.165, 1.54) is 11.3 Å². The molecule has 0 radical (unpaired) electrons. The third-order valence-electron chi connectivity index (χ3n) is 6.02. The molecule has 0 saturated heterocycles. The van der Waals surface area contributed by atoms with Gasteiger partial charge in [0, 0.05) is 49.0 Å². The van der Waals surface area contributed by atoms with E-state index in [1.807, 2.05) is 24.3 Å². The van der Waals surface area contributed by atoms with Gasteiger partial charge in [0.25, 0.3) is 0 Å². The lowest BCUT2D eigenvalue weighted by molar-refractivity contribution is 0.112. The van der Waals surface area contributed by atoms with Gasteiger partial charge in [0.15, 0.2) is 6.29 Å². The third-order valence-corrected chi connectivity index (χ3v) is 6.99. The van der Waals surface area contributed by atoms with Crippen LogP contribution in [0, 0.1) is 0 Å². The first-order valence-electron chi connectivity index (χ1n) is 13.3. The van der Waals surface area contributed by atoms with E-state index in [0.29, 0.717) is 18.1 Å². The van der Waals surface area contributed by atoms with Crippen molar-refractivity contribution in [2.24, 2.45) is 0 Å². The van der Waals surface area contributed by atoms with Crippen LogP contribution in [-0.4, -0.2) is 56.0 Å². The summed E-state index contributed by atoms with van der Waals surface area (Å²) in [6, 6.07) is 7.96. The molecule has 0 fully saturated rings. The molecular weight excluding hydrogens is 474 g/mol. The van der Waals surface area contributed by atoms with Gasteiger partial charge in [-0.05, 0) is 76.7 Å². The lowest BCUT2D eigenvalue weighted by atomic mass is 10.1. The molecule has 1 aromatic carbocycles. The van der Waals surface area contributed by atoms with E-state index in [-0.39, 0.29) is 13.2 Å². The Morgan fingerprint density at radius 2 is 1.31 bits per heavy atom. The molecule has 6 nitrogen and oxygen atoms in total. The summed E-state index contributed by atoms with van der Waals surface area (Å²) >= 11 is 1.45. The van der Waals surface area contributed by atoms with Crippen LogP contribution >= 0.6 is 11.3 Å². The molecule has 2 rings (SSSR count). The number of aldehydes is 1. The minimum absolute atomic E-state index is 0.233. The Balaban J connectivity index is 2.31. The quantitative estimate of drug-likeness (QED) is 0.155. The van der Waals surface area contributed by atoms with Crippen LogP contribution in [0.15, 0.2) is 24.3 Å². The number of unbranched alkanes of at least 4 members (excludes halogenated alkanes) is 6. The first kappa shape index (κ1) is 29.9. The monoisotopic (exact) mass is 517 g/mol. The maximum Gasteiger partial charge on any atom is 0.160 e. The van der Waals surface area contributed by atoms with Crippen LogP contribution in [0.2, 0.25) is 0 Å². The van der Waals surface area contributed by atoms with Gasteiger partial charge in [-0.3, -0.25) is 4.79 Å². The number of ether oxygens (including phenoxy) is 2. The van der Waals surface area contributed by atoms with Crippen molar-refractivity contribution in [1.82, 2.24) is 0 Å². The molecule has 200 valence electrons. The summed E-state index contributed by atoms with van der Waals surface area (Å²) in [7, 11) is 0. The fourth-order valence-corrected chi connectivity index (χ4v) is 4.68. The van der Waals surface area contributed by atoms with Gasteiger partial charge in [0.1, 0.15) is 11.5 Å². The van der Waals surface area contributed by atoms with Crippen LogP contribution < -0.4 is 14.4 Å². The van der Waals surface area contributed by atoms with Crippen LogP contribution in [-0.2, 0) is 0 Å². The predicted octanol–water partition coefficient (Wildman–Crippen LogP) is 6.44. The van der Waals surface area contributed by atoms with Gasteiger partial charge in [-0.15, -0.1) is 11.3 Å². The number of nitrogens with zero attached hydrogens (tertiary/aromatic N) is 1. The standard InChI is InChI=1S/C29H43NO5S/c1-3-30(4-2)24-21-28(34-19-11-7-5-9-17-31)27(16-15-25-13-14-26(23-33)36-25)29(22-24)35-20-12-8-6-10-18-32/h13-16,21-23,31-32H,3-12,17-20H2,1-2H3. The Kier molecular flexibility index (Phi) is 14.9. The summed E-state index contributed by atoms with van der Waals surface area (Å²) in [5.41, 5.74) is 1.97. The minimum atomic E-state index is 0.233. The Bertz CT molecular complexity index is 870. The summed E-state index contributed by atoms with van der Waals surface area (Å²) in [5.74, 6) is 1.58. The molecule has 1 aromatic heterocycles. The van der Waals surface area contributed by atoms with Gasteiger partial charge in [0.05, 0.1) is 23.7 Å². The van der Waals surface area contributed by atoms with Gasteiger partial charge in [0.2, 0.25) is 0 Å². The number of anilines is 1. The Labute approximate surface area is 220 Å². The first-order valence-corrected chi connectivity index (χ1v) is 14.1. The number of carbonyl (C=O) groups is 1. The zero-order chi connectivity index (χ0) is 26.0. The molecule has 2 N–H and O–H groups in total. The smallest absolute Gasteiger partial charge is 0.160 e. The van der Waals surface area contributed by atoms with Crippen LogP contribution in [0.25, 0.3) is 12.2 Å². The van der Waals surface area contributed by atoms with Crippen molar-refractivity contribution in [3.05, 3.63) is 39.6 Å². The minimum Gasteiger partial charge on any atom is -0.493 e. The average Bonchev–Trinajstić information content (AvgIpc) is 3.36. The normalized spacial score (nSPS) is 11.2. The van der Waals surface area contributed by atoms with Crippen molar-refractivity contribution in [1.29, 1.82) is 0 Å². The number of hydrogen-bond donors (Lipinski definition) is 2. The maximum absolute atomic E-state index is 11.1. The molecule has 36 heavy (non-hydrogen) atoms. The van der Waals surface area contributed by atoms with Gasteiger partial charge in [-0.25, -0.2) is 0 Å². The van der Waals surface area contributed by atoms with Crippen molar-refractivity contribution < 1.29 is 24.5 Å². The Hall–Kier alpha value is -2.35. The number of hydrogen-bond acceptors (Lipinski definition) is 7. The lowest BCUT2D eigenvalue weighted by Crippen LogP contribution is -2.22. The molecule has 0 aliphatic rings. The number of aliphatic hydroxyl groups is 2. The Morgan fingerprint density at radius 3 is 1.78 bits per heavy atom. The summed E-state index contributed by atoms with van der Waals surface area (Å²) in [4.78, 5) is 15.1. The second-order valence-corrected chi connectivity index (χ2v) is 9.84. The van der Waals surface area contributed by atoms with Crippen LogP contribution in [0.3, 0.4) is 0 Å². The second-order valence-electron chi connectivity index (χ2n) is 8.69. The first-order chi connectivity index (χ1) is 17.7. The van der Waals surface area contributed by atoms with E-state index in [0.717, 1.165) is 98.4 Å². The van der Waals surface area contributed by atoms with Crippen molar-refractivity contribution >= 4 is 35.5 Å². The SMILES string of the molecule is CCN(CC)c1cc(OCCCCCCO)c(C=Cc2ccc(C=O)s2)c(OCCCCCCO)c1. The van der Waals surface area contributed by atoms with Gasteiger partial charge in [-0.2, -0.15) is 0 Å². The topological polar surface area (TPSA) is 79.2 Å². The number of rotatable bonds is 20. The maximum atomic E-state index is 11.1. The summed E-state index contributed by atoms with van der Waals surface area (Å²) in [6.07, 6.45) is 12.4. The van der Waals surface area contributed by atoms with Crippen molar-refractivity contribution in [2.45, 2.75) is 65.2 Å². The van der Waals surface area contributed by atoms with Crippen LogP contribution in [0.5, 0.6) is 11.5 Å². The molecule has 0 amide bonds. The molecular formula is C29H43NO5S. The van der Waals surface area contributed by atoms with Crippen molar-refractivity contribution in [3.63, 3.8) is 0 Å². The molecule has 0 spiro atoms. The molecule has 1 heterocycles. The van der Waals surface area contributed by atoms with Crippen molar-refractivity contribution in [3.8, 4) is 11.5 Å². The molecule has 0 unspecified atom stereocenters. The van der Waals surface area contributed by atoms with E-state index < -0.39 is 0 Å². The molecule has 2 aromatic rings. The van der Waals surface area contributed by atoms with Gasteiger partial charge < -0.3 is 24.6 Å². The fraction of sp³-hybridized carbons (Fsp3) is 0.552. The zero-order valence-electron chi connectivity index (χ0n) is 21.9. The van der Waals surface area contributed by atoms with E-state index in [2.05, 4.69) is 30.9 Å². The number of carbonyl (C=O) groups excluding carboxylic acids is 1. The summed E-state index contributed by atoms with van der Waals surface area (Å²) in [6.45, 7) is 7.72. The fourth-order valence-electron chi connectivity index (χ4n) is 3.95. The highest BCUT2D eigenvalue weighted by atomic mass is 32.1. The number of thiophene rings is 1. The van der Waals surface area contributed by atoms with Crippen LogP contribution in [0.4, 0.5) is 5.69 Å². The van der Waals surface area contributed by atoms with E-state index >= 15 is 0 Å².